The molecular formula is C24H25NO7S. The normalized spacial score (nSPS) is 17.1. The number of hydrogen-bond acceptors (Lipinski definition) is 7. The van der Waals surface area contributed by atoms with Crippen molar-refractivity contribution in [2.45, 2.75) is 26.3 Å². The largest absolute Gasteiger partial charge is 0.484 e. The summed E-state index contributed by atoms with van der Waals surface area (Å²) >= 11 is 0. The van der Waals surface area contributed by atoms with Gasteiger partial charge in [-0.1, -0.05) is 18.2 Å². The maximum Gasteiger partial charge on any atom is 0.260 e. The zero-order valence-corrected chi connectivity index (χ0v) is 19.3. The maximum atomic E-state index is 12.9. The Balaban J connectivity index is 1.49. The van der Waals surface area contributed by atoms with Crippen LogP contribution in [0.15, 0.2) is 57.7 Å². The van der Waals surface area contributed by atoms with Gasteiger partial charge in [-0.05, 0) is 44.5 Å². The number of carbonyl (C=O) groups excluding carboxylic acids is 1. The van der Waals surface area contributed by atoms with Crippen molar-refractivity contribution in [3.05, 3.63) is 64.5 Å². The van der Waals surface area contributed by atoms with Crippen molar-refractivity contribution in [1.29, 1.82) is 0 Å². The van der Waals surface area contributed by atoms with E-state index < -0.39 is 9.84 Å². The Labute approximate surface area is 191 Å². The quantitative estimate of drug-likeness (QED) is 0.521. The topological polar surface area (TPSA) is 103 Å². The fraction of sp³-hybridized carbons (Fsp3) is 0.333. The number of hydrogen-bond donors (Lipinski definition) is 0. The molecule has 0 radical (unpaired) electrons. The van der Waals surface area contributed by atoms with Gasteiger partial charge in [0.05, 0.1) is 16.9 Å². The second-order valence-corrected chi connectivity index (χ2v) is 10.1. The summed E-state index contributed by atoms with van der Waals surface area (Å²) in [6.07, 6.45) is 0.440. The molecule has 174 valence electrons. The molecule has 0 saturated carbocycles. The average molecular weight is 472 g/mol. The average Bonchev–Trinajstić information content (AvgIpc) is 3.15. The van der Waals surface area contributed by atoms with E-state index in [9.17, 15) is 18.0 Å². The Morgan fingerprint density at radius 1 is 1.15 bits per heavy atom. The number of benzene rings is 2. The van der Waals surface area contributed by atoms with Gasteiger partial charge in [-0.25, -0.2) is 8.42 Å². The minimum atomic E-state index is -3.09. The Morgan fingerprint density at radius 3 is 2.58 bits per heavy atom. The number of para-hydroxylation sites is 1. The summed E-state index contributed by atoms with van der Waals surface area (Å²) in [5.41, 5.74) is 0.0110. The van der Waals surface area contributed by atoms with Gasteiger partial charge in [-0.2, -0.15) is 0 Å². The number of aryl methyl sites for hydroxylation is 1. The highest BCUT2D eigenvalue weighted by molar-refractivity contribution is 7.91. The molecule has 0 N–H and O–H groups in total. The lowest BCUT2D eigenvalue weighted by Gasteiger charge is -2.26. The van der Waals surface area contributed by atoms with Gasteiger partial charge in [-0.15, -0.1) is 0 Å². The van der Waals surface area contributed by atoms with Gasteiger partial charge >= 0.3 is 0 Å². The minimum absolute atomic E-state index is 0.0135. The fourth-order valence-electron chi connectivity index (χ4n) is 3.97. The molecule has 33 heavy (non-hydrogen) atoms. The standard InChI is InChI=1S/C24H25NO7S/c1-3-25(17-11-12-33(28,29)15-17)22(26)14-30-19-9-10-20-21(13-19)31-16(2)24(23(20)27)32-18-7-5-4-6-8-18/h4-10,13,17H,3,11-12,14-15H2,1-2H3. The van der Waals surface area contributed by atoms with E-state index in [0.29, 0.717) is 41.2 Å². The zero-order chi connectivity index (χ0) is 23.6. The molecule has 2 aromatic carbocycles. The summed E-state index contributed by atoms with van der Waals surface area (Å²) in [4.78, 5) is 27.1. The number of sulfone groups is 1. The Bertz CT molecular complexity index is 1330. The van der Waals surface area contributed by atoms with E-state index in [1.54, 1.807) is 42.2 Å². The molecule has 1 fully saturated rings. The lowest BCUT2D eigenvalue weighted by molar-refractivity contribution is -0.135. The second-order valence-electron chi connectivity index (χ2n) is 7.91. The number of fused-ring (bicyclic) bond motifs is 1. The number of rotatable bonds is 7. The summed E-state index contributed by atoms with van der Waals surface area (Å²) in [5.74, 6) is 1.13. The van der Waals surface area contributed by atoms with E-state index in [-0.39, 0.29) is 41.2 Å². The van der Waals surface area contributed by atoms with Gasteiger partial charge in [0, 0.05) is 18.7 Å². The van der Waals surface area contributed by atoms with E-state index >= 15 is 0 Å². The molecule has 4 rings (SSSR count). The molecule has 2 heterocycles. The summed E-state index contributed by atoms with van der Waals surface area (Å²) in [5, 5.41) is 0.330. The molecule has 0 bridgehead atoms. The molecule has 8 nitrogen and oxygen atoms in total. The van der Waals surface area contributed by atoms with E-state index in [1.807, 2.05) is 25.1 Å². The summed E-state index contributed by atoms with van der Waals surface area (Å²) in [6.45, 7) is 3.61. The number of ether oxygens (including phenoxy) is 2. The molecule has 1 aromatic heterocycles. The van der Waals surface area contributed by atoms with Crippen LogP contribution in [0.2, 0.25) is 0 Å². The number of carbonyl (C=O) groups is 1. The van der Waals surface area contributed by atoms with E-state index in [4.69, 9.17) is 13.9 Å². The fourth-order valence-corrected chi connectivity index (χ4v) is 5.70. The highest BCUT2D eigenvalue weighted by atomic mass is 32.2. The summed E-state index contributed by atoms with van der Waals surface area (Å²) < 4.78 is 40.7. The summed E-state index contributed by atoms with van der Waals surface area (Å²) in [7, 11) is -3.09. The van der Waals surface area contributed by atoms with Crippen molar-refractivity contribution in [2.75, 3.05) is 24.7 Å². The summed E-state index contributed by atoms with van der Waals surface area (Å²) in [6, 6.07) is 13.4. The molecule has 1 aliphatic rings. The monoisotopic (exact) mass is 471 g/mol. The van der Waals surface area contributed by atoms with Crippen molar-refractivity contribution < 1.29 is 27.1 Å². The molecule has 0 spiro atoms. The third-order valence-electron chi connectivity index (χ3n) is 5.62. The van der Waals surface area contributed by atoms with E-state index in [0.717, 1.165) is 0 Å². The predicted octanol–water partition coefficient (Wildman–Crippen LogP) is 3.31. The number of likely N-dealkylation sites (N-methyl/N-ethyl adjacent to an activating group) is 1. The molecule has 1 aliphatic heterocycles. The Hall–Kier alpha value is -3.33. The Kier molecular flexibility index (Phi) is 6.42. The van der Waals surface area contributed by atoms with E-state index in [2.05, 4.69) is 0 Å². The van der Waals surface area contributed by atoms with Crippen molar-refractivity contribution in [1.82, 2.24) is 4.90 Å². The van der Waals surface area contributed by atoms with Crippen LogP contribution in [0.3, 0.4) is 0 Å². The van der Waals surface area contributed by atoms with Crippen molar-refractivity contribution >= 4 is 26.7 Å². The maximum absolute atomic E-state index is 12.9. The van der Waals surface area contributed by atoms with Crippen LogP contribution in [0.4, 0.5) is 0 Å². The van der Waals surface area contributed by atoms with Crippen LogP contribution < -0.4 is 14.9 Å². The third kappa shape index (κ3) is 5.03. The van der Waals surface area contributed by atoms with Crippen molar-refractivity contribution in [3.63, 3.8) is 0 Å². The van der Waals surface area contributed by atoms with Crippen LogP contribution in [-0.4, -0.2) is 49.9 Å². The smallest absolute Gasteiger partial charge is 0.260 e. The molecule has 1 amide bonds. The SMILES string of the molecule is CCN(C(=O)COc1ccc2c(=O)c(Oc3ccccc3)c(C)oc2c1)C1CCS(=O)(=O)C1. The van der Waals surface area contributed by atoms with Crippen molar-refractivity contribution in [3.8, 4) is 17.2 Å². The first-order chi connectivity index (χ1) is 15.8. The first-order valence-electron chi connectivity index (χ1n) is 10.7. The van der Waals surface area contributed by atoms with Gasteiger partial charge < -0.3 is 18.8 Å². The third-order valence-corrected chi connectivity index (χ3v) is 7.37. The highest BCUT2D eigenvalue weighted by Gasteiger charge is 2.34. The molecule has 0 aliphatic carbocycles. The molecule has 9 heteroatoms. The molecule has 3 aromatic rings. The molecule has 1 unspecified atom stereocenters. The lowest BCUT2D eigenvalue weighted by atomic mass is 10.2. The van der Waals surface area contributed by atoms with Crippen LogP contribution in [0.1, 0.15) is 19.1 Å². The second kappa shape index (κ2) is 9.27. The van der Waals surface area contributed by atoms with Crippen LogP contribution in [0, 0.1) is 6.92 Å². The van der Waals surface area contributed by atoms with Gasteiger partial charge in [-0.3, -0.25) is 9.59 Å². The van der Waals surface area contributed by atoms with Crippen LogP contribution in [-0.2, 0) is 14.6 Å². The van der Waals surface area contributed by atoms with Gasteiger partial charge in [0.15, 0.2) is 16.4 Å². The molecule has 1 atom stereocenters. The van der Waals surface area contributed by atoms with Crippen molar-refractivity contribution in [2.24, 2.45) is 0 Å². The Morgan fingerprint density at radius 2 is 1.91 bits per heavy atom. The van der Waals surface area contributed by atoms with Crippen LogP contribution in [0.5, 0.6) is 17.2 Å². The number of nitrogens with zero attached hydrogens (tertiary/aromatic N) is 1. The van der Waals surface area contributed by atoms with Gasteiger partial charge in [0.1, 0.15) is 22.8 Å². The van der Waals surface area contributed by atoms with Gasteiger partial charge in [0.2, 0.25) is 11.2 Å². The number of amides is 1. The predicted molar refractivity (Wildman–Crippen MR) is 124 cm³/mol. The zero-order valence-electron chi connectivity index (χ0n) is 18.4. The first-order valence-corrected chi connectivity index (χ1v) is 12.5. The molecular weight excluding hydrogens is 446 g/mol. The van der Waals surface area contributed by atoms with E-state index in [1.165, 1.54) is 0 Å². The highest BCUT2D eigenvalue weighted by Crippen LogP contribution is 2.27. The lowest BCUT2D eigenvalue weighted by Crippen LogP contribution is -2.43. The minimum Gasteiger partial charge on any atom is -0.484 e. The van der Waals surface area contributed by atoms with Crippen LogP contribution >= 0.6 is 0 Å². The molecule has 1 saturated heterocycles. The van der Waals surface area contributed by atoms with Crippen LogP contribution in [0.25, 0.3) is 11.0 Å². The van der Waals surface area contributed by atoms with Gasteiger partial charge in [0.25, 0.3) is 5.91 Å². The first kappa shape index (κ1) is 22.8.